The molecule has 1 N–H and O–H groups in total. The second-order valence-electron chi connectivity index (χ2n) is 15.5. The highest BCUT2D eigenvalue weighted by Gasteiger charge is 2.29. The molecular weight excluding hydrogens is 876 g/mol. The smallest absolute Gasteiger partial charge is 0.342 e. The largest absolute Gasteiger partial charge is 0.496 e. The number of halogens is 1. The van der Waals surface area contributed by atoms with Crippen LogP contribution in [0.2, 0.25) is 0 Å². The molecule has 63 heavy (non-hydrogen) atoms. The van der Waals surface area contributed by atoms with Crippen LogP contribution in [0.3, 0.4) is 0 Å². The molecule has 0 aromatic heterocycles. The third-order valence-electron chi connectivity index (χ3n) is 10.9. The number of carbonyl (C=O) groups excluding carboxylic acids is 3. The Balaban J connectivity index is 0.000000280. The molecule has 0 aliphatic carbocycles. The normalized spacial score (nSPS) is 22.9. The Morgan fingerprint density at radius 1 is 0.714 bits per heavy atom. The molecule has 5 rings (SSSR count). The van der Waals surface area contributed by atoms with Gasteiger partial charge < -0.3 is 47.7 Å². The third-order valence-corrected chi connectivity index (χ3v) is 11.5. The lowest BCUT2D eigenvalue weighted by molar-refractivity contribution is -0.104. The number of fused-ring (bicyclic) bond motifs is 2. The van der Waals surface area contributed by atoms with E-state index >= 15 is 0 Å². The van der Waals surface area contributed by atoms with Gasteiger partial charge in [-0.1, -0.05) is 78.3 Å². The molecule has 3 aromatic carbocycles. The van der Waals surface area contributed by atoms with Crippen molar-refractivity contribution in [2.45, 2.75) is 89.6 Å². The molecule has 14 heteroatoms. The molecule has 0 unspecified atom stereocenters. The summed E-state index contributed by atoms with van der Waals surface area (Å²) in [6.45, 7) is 4.45. The number of hydrogen-bond acceptors (Lipinski definition) is 13. The van der Waals surface area contributed by atoms with Gasteiger partial charge in [0.15, 0.2) is 6.79 Å². The molecule has 2 heterocycles. The van der Waals surface area contributed by atoms with E-state index in [0.717, 1.165) is 28.4 Å². The third kappa shape index (κ3) is 16.2. The zero-order chi connectivity index (χ0) is 45.6. The number of aliphatic hydroxyl groups is 1. The van der Waals surface area contributed by atoms with E-state index in [1.165, 1.54) is 14.2 Å². The molecule has 0 radical (unpaired) electrons. The lowest BCUT2D eigenvalue weighted by Crippen LogP contribution is -2.31. The first-order valence-corrected chi connectivity index (χ1v) is 22.1. The SMILES string of the molecule is COCOc1cccc2c1C(=O)O[C@H](CCO)C[C@H](OCOC)[C@H](C)C/C=C/C2.COc1cccc2c1C(=O)O[C@H](CCOC(=O)c1ccc(Br)cc1)C[C@H](OC)[C@H](C)C/C=C/C2. The van der Waals surface area contributed by atoms with E-state index < -0.39 is 30.1 Å². The minimum Gasteiger partial charge on any atom is -0.496 e. The zero-order valence-electron chi connectivity index (χ0n) is 37.3. The van der Waals surface area contributed by atoms with E-state index in [2.05, 4.69) is 48.0 Å². The average Bonchev–Trinajstić information content (AvgIpc) is 3.28. The molecule has 0 saturated carbocycles. The van der Waals surface area contributed by atoms with Crippen LogP contribution in [0.1, 0.15) is 94.6 Å². The molecule has 2 aliphatic heterocycles. The Kier molecular flexibility index (Phi) is 22.4. The van der Waals surface area contributed by atoms with Gasteiger partial charge in [-0.25, -0.2) is 14.4 Å². The molecule has 3 aromatic rings. The van der Waals surface area contributed by atoms with Gasteiger partial charge in [-0.05, 0) is 85.0 Å². The second kappa shape index (κ2) is 27.6. The van der Waals surface area contributed by atoms with Gasteiger partial charge >= 0.3 is 17.9 Å². The fraction of sp³-hybridized carbons (Fsp3) is 0.490. The first-order valence-electron chi connectivity index (χ1n) is 21.3. The average molecular weight is 940 g/mol. The predicted molar refractivity (Wildman–Crippen MR) is 241 cm³/mol. The number of allylic oxidation sites excluding steroid dienone is 4. The summed E-state index contributed by atoms with van der Waals surface area (Å²) in [6.07, 6.45) is 11.6. The summed E-state index contributed by atoms with van der Waals surface area (Å²) in [5.41, 5.74) is 2.95. The van der Waals surface area contributed by atoms with Gasteiger partial charge in [-0.15, -0.1) is 0 Å². The van der Waals surface area contributed by atoms with Crippen LogP contribution < -0.4 is 9.47 Å². The van der Waals surface area contributed by atoms with Crippen LogP contribution in [-0.4, -0.2) is 103 Å². The quantitative estimate of drug-likeness (QED) is 0.0709. The summed E-state index contributed by atoms with van der Waals surface area (Å²) in [6, 6.07) is 18.0. The second-order valence-corrected chi connectivity index (χ2v) is 16.4. The van der Waals surface area contributed by atoms with Crippen LogP contribution in [-0.2, 0) is 46.0 Å². The maximum atomic E-state index is 13.3. The lowest BCUT2D eigenvalue weighted by Gasteiger charge is -2.28. The standard InChI is InChI=1S/C27H31BrO6.C22H32O7/c1-18-7-4-5-8-19-9-6-10-23(31-2)25(19)27(30)34-22(17-24(18)32-3)15-16-33-26(29)20-11-13-21(28)14-12-20;1-16-7-4-5-8-17-9-6-10-19(27-14-25-2)21(17)22(24)29-18(11-12-23)13-20(16)28-15-26-3/h4-6,9-14,18,22,24H,7-8,15-17H2,1-3H3;4-6,9-10,16,18,20,23H,7-8,11-15H2,1-3H3/b2*5-4+/t18-,22-,24+;16-,18-,20+/m11/s1. The molecular formula is C49H63BrO13. The molecule has 0 fully saturated rings. The highest BCUT2D eigenvalue weighted by atomic mass is 79.9. The van der Waals surface area contributed by atoms with Crippen molar-refractivity contribution in [2.75, 3.05) is 55.2 Å². The van der Waals surface area contributed by atoms with Crippen molar-refractivity contribution in [3.8, 4) is 11.5 Å². The minimum absolute atomic E-state index is 0.0318. The number of methoxy groups -OCH3 is 4. The summed E-state index contributed by atoms with van der Waals surface area (Å²) in [5.74, 6) is -0.00656. The number of carbonyl (C=O) groups is 3. The summed E-state index contributed by atoms with van der Waals surface area (Å²) in [7, 11) is 6.30. The topological polar surface area (TPSA) is 155 Å². The highest BCUT2D eigenvalue weighted by Crippen LogP contribution is 2.30. The number of ether oxygens (including phenoxy) is 9. The van der Waals surface area contributed by atoms with E-state index in [9.17, 15) is 19.5 Å². The first-order chi connectivity index (χ1) is 30.5. The molecule has 0 saturated heterocycles. The minimum atomic E-state index is -0.487. The predicted octanol–water partition coefficient (Wildman–Crippen LogP) is 8.87. The molecule has 13 nitrogen and oxygen atoms in total. The number of rotatable bonds is 14. The Labute approximate surface area is 380 Å². The Morgan fingerprint density at radius 3 is 1.84 bits per heavy atom. The van der Waals surface area contributed by atoms with Crippen molar-refractivity contribution in [3.63, 3.8) is 0 Å². The van der Waals surface area contributed by atoms with Gasteiger partial charge in [-0.3, -0.25) is 0 Å². The van der Waals surface area contributed by atoms with Gasteiger partial charge in [0.2, 0.25) is 0 Å². The molecule has 0 bridgehead atoms. The summed E-state index contributed by atoms with van der Waals surface area (Å²) < 4.78 is 50.8. The first kappa shape index (κ1) is 51.1. The maximum absolute atomic E-state index is 13.3. The molecule has 0 amide bonds. The van der Waals surface area contributed by atoms with Crippen LogP contribution in [0.4, 0.5) is 0 Å². The molecule has 2 aliphatic rings. The maximum Gasteiger partial charge on any atom is 0.342 e. The van der Waals surface area contributed by atoms with Crippen molar-refractivity contribution < 1.29 is 62.1 Å². The van der Waals surface area contributed by atoms with Crippen molar-refractivity contribution in [3.05, 3.63) is 117 Å². The number of benzene rings is 3. The zero-order valence-corrected chi connectivity index (χ0v) is 38.8. The Hall–Kier alpha value is -4.57. The Bertz CT molecular complexity index is 1930. The fourth-order valence-corrected chi connectivity index (χ4v) is 7.65. The van der Waals surface area contributed by atoms with Crippen LogP contribution >= 0.6 is 15.9 Å². The van der Waals surface area contributed by atoms with E-state index in [0.29, 0.717) is 66.7 Å². The molecule has 6 atom stereocenters. The van der Waals surface area contributed by atoms with Crippen molar-refractivity contribution in [2.24, 2.45) is 11.8 Å². The van der Waals surface area contributed by atoms with Crippen LogP contribution in [0.5, 0.6) is 11.5 Å². The number of aliphatic hydroxyl groups excluding tert-OH is 1. The van der Waals surface area contributed by atoms with Crippen LogP contribution in [0, 0.1) is 11.8 Å². The monoisotopic (exact) mass is 938 g/mol. The Morgan fingerprint density at radius 2 is 1.27 bits per heavy atom. The van der Waals surface area contributed by atoms with E-state index in [1.807, 2.05) is 30.3 Å². The molecule has 344 valence electrons. The number of hydrogen-bond donors (Lipinski definition) is 1. The summed E-state index contributed by atoms with van der Waals surface area (Å²) in [4.78, 5) is 38.7. The van der Waals surface area contributed by atoms with E-state index in [-0.39, 0.29) is 50.8 Å². The van der Waals surface area contributed by atoms with E-state index in [4.69, 9.17) is 42.6 Å². The van der Waals surface area contributed by atoms with Crippen LogP contribution in [0.25, 0.3) is 0 Å². The fourth-order valence-electron chi connectivity index (χ4n) is 7.38. The number of cyclic esters (lactones) is 2. The van der Waals surface area contributed by atoms with Gasteiger partial charge in [-0.2, -0.15) is 0 Å². The van der Waals surface area contributed by atoms with Gasteiger partial charge in [0.1, 0.15) is 41.6 Å². The van der Waals surface area contributed by atoms with Crippen molar-refractivity contribution in [1.29, 1.82) is 0 Å². The summed E-state index contributed by atoms with van der Waals surface area (Å²) in [5, 5.41) is 9.48. The lowest BCUT2D eigenvalue weighted by atomic mass is 9.93. The van der Waals surface area contributed by atoms with Gasteiger partial charge in [0.05, 0.1) is 31.5 Å². The summed E-state index contributed by atoms with van der Waals surface area (Å²) >= 11 is 3.35. The van der Waals surface area contributed by atoms with Crippen molar-refractivity contribution >= 4 is 33.8 Å². The van der Waals surface area contributed by atoms with Gasteiger partial charge in [0.25, 0.3) is 0 Å². The molecule has 0 spiro atoms. The van der Waals surface area contributed by atoms with E-state index in [1.54, 1.807) is 50.6 Å². The van der Waals surface area contributed by atoms with Crippen LogP contribution in [0.15, 0.2) is 89.4 Å². The highest BCUT2D eigenvalue weighted by molar-refractivity contribution is 9.10. The van der Waals surface area contributed by atoms with Crippen molar-refractivity contribution in [1.82, 2.24) is 0 Å². The van der Waals surface area contributed by atoms with Gasteiger partial charge in [0, 0.05) is 58.1 Å². The number of esters is 3.